The van der Waals surface area contributed by atoms with Crippen LogP contribution in [0.15, 0.2) is 11.6 Å². The number of hydrogen-bond acceptors (Lipinski definition) is 2. The largest absolute Gasteiger partial charge is 0.340 e. The van der Waals surface area contributed by atoms with Gasteiger partial charge in [0, 0.05) is 11.6 Å². The van der Waals surface area contributed by atoms with Gasteiger partial charge in [-0.25, -0.2) is 0 Å². The summed E-state index contributed by atoms with van der Waals surface area (Å²) in [5.74, 6) is -0.177. The molecule has 0 saturated carbocycles. The van der Waals surface area contributed by atoms with Crippen LogP contribution in [0.1, 0.15) is 0 Å². The number of hydrogen-bond donors (Lipinski definition) is 1. The van der Waals surface area contributed by atoms with Crippen molar-refractivity contribution in [3.05, 3.63) is 11.6 Å². The van der Waals surface area contributed by atoms with Crippen molar-refractivity contribution in [3.63, 3.8) is 0 Å². The lowest BCUT2D eigenvalue weighted by atomic mass is 10.6. The second-order valence-corrected chi connectivity index (χ2v) is 2.32. The average Bonchev–Trinajstić information content (AvgIpc) is 1.85. The average molecular weight is 163 g/mol. The summed E-state index contributed by atoms with van der Waals surface area (Å²) in [4.78, 5) is 12.5. The SMILES string of the molecule is CN(C)CNC(=O)C=CCl. The maximum absolute atomic E-state index is 10.6. The minimum atomic E-state index is -0.177. The van der Waals surface area contributed by atoms with E-state index in [1.54, 1.807) is 0 Å². The molecule has 10 heavy (non-hydrogen) atoms. The normalized spacial score (nSPS) is 10.8. The molecule has 0 saturated heterocycles. The topological polar surface area (TPSA) is 32.3 Å². The molecular weight excluding hydrogens is 152 g/mol. The Hall–Kier alpha value is -0.540. The highest BCUT2D eigenvalue weighted by atomic mass is 35.5. The zero-order chi connectivity index (χ0) is 7.98. The first kappa shape index (κ1) is 9.46. The summed E-state index contributed by atoms with van der Waals surface area (Å²) in [5, 5.41) is 2.60. The Balaban J connectivity index is 3.40. The fourth-order valence-corrected chi connectivity index (χ4v) is 0.467. The Labute approximate surface area is 65.6 Å². The lowest BCUT2D eigenvalue weighted by Crippen LogP contribution is -2.31. The van der Waals surface area contributed by atoms with Gasteiger partial charge < -0.3 is 5.32 Å². The number of carbonyl (C=O) groups is 1. The highest BCUT2D eigenvalue weighted by molar-refractivity contribution is 6.26. The van der Waals surface area contributed by atoms with Crippen LogP contribution in [-0.2, 0) is 4.79 Å². The molecule has 1 N–H and O–H groups in total. The van der Waals surface area contributed by atoms with Gasteiger partial charge in [-0.2, -0.15) is 0 Å². The molecule has 4 heteroatoms. The van der Waals surface area contributed by atoms with Crippen LogP contribution >= 0.6 is 11.6 Å². The highest BCUT2D eigenvalue weighted by Gasteiger charge is 1.92. The van der Waals surface area contributed by atoms with Crippen molar-refractivity contribution in [1.82, 2.24) is 10.2 Å². The Morgan fingerprint density at radius 1 is 1.70 bits per heavy atom. The third-order valence-corrected chi connectivity index (χ3v) is 0.910. The maximum atomic E-state index is 10.6. The summed E-state index contributed by atoms with van der Waals surface area (Å²) in [7, 11) is 3.73. The van der Waals surface area contributed by atoms with Crippen molar-refractivity contribution in [1.29, 1.82) is 0 Å². The summed E-state index contributed by atoms with van der Waals surface area (Å²) in [6, 6.07) is 0. The molecular formula is C6H11ClN2O. The molecule has 58 valence electrons. The molecule has 0 radical (unpaired) electrons. The van der Waals surface area contributed by atoms with Gasteiger partial charge in [-0.15, -0.1) is 0 Å². The zero-order valence-corrected chi connectivity index (χ0v) is 6.85. The van der Waals surface area contributed by atoms with Crippen LogP contribution < -0.4 is 5.32 Å². The molecule has 0 aliphatic rings. The maximum Gasteiger partial charge on any atom is 0.245 e. The van der Waals surface area contributed by atoms with Crippen LogP contribution in [0.2, 0.25) is 0 Å². The second-order valence-electron chi connectivity index (χ2n) is 2.07. The number of nitrogens with one attached hydrogen (secondary N) is 1. The molecule has 0 spiro atoms. The second kappa shape index (κ2) is 5.26. The van der Waals surface area contributed by atoms with Gasteiger partial charge in [0.15, 0.2) is 0 Å². The number of carbonyl (C=O) groups excluding carboxylic acids is 1. The van der Waals surface area contributed by atoms with Crippen LogP contribution in [0, 0.1) is 0 Å². The lowest BCUT2D eigenvalue weighted by Gasteiger charge is -2.08. The van der Waals surface area contributed by atoms with E-state index in [0.29, 0.717) is 6.67 Å². The fraction of sp³-hybridized carbons (Fsp3) is 0.500. The van der Waals surface area contributed by atoms with Crippen molar-refractivity contribution in [2.45, 2.75) is 0 Å². The Morgan fingerprint density at radius 2 is 2.30 bits per heavy atom. The molecule has 0 aromatic heterocycles. The first-order valence-corrected chi connectivity index (χ1v) is 3.29. The van der Waals surface area contributed by atoms with E-state index < -0.39 is 0 Å². The van der Waals surface area contributed by atoms with E-state index >= 15 is 0 Å². The van der Waals surface area contributed by atoms with E-state index in [-0.39, 0.29) is 5.91 Å². The van der Waals surface area contributed by atoms with Gasteiger partial charge in [0.05, 0.1) is 6.67 Å². The van der Waals surface area contributed by atoms with E-state index in [1.165, 1.54) is 11.6 Å². The van der Waals surface area contributed by atoms with Crippen molar-refractivity contribution >= 4 is 17.5 Å². The van der Waals surface area contributed by atoms with Crippen molar-refractivity contribution in [2.24, 2.45) is 0 Å². The third-order valence-electron chi connectivity index (χ3n) is 0.784. The predicted molar refractivity (Wildman–Crippen MR) is 41.7 cm³/mol. The van der Waals surface area contributed by atoms with Gasteiger partial charge in [-0.05, 0) is 14.1 Å². The van der Waals surface area contributed by atoms with Crippen LogP contribution in [0.25, 0.3) is 0 Å². The summed E-state index contributed by atoms with van der Waals surface area (Å²) in [6.07, 6.45) is 1.27. The van der Waals surface area contributed by atoms with Crippen molar-refractivity contribution < 1.29 is 4.79 Å². The molecule has 3 nitrogen and oxygen atoms in total. The standard InChI is InChI=1S/C6H11ClN2O/c1-9(2)5-8-6(10)3-4-7/h3-4H,5H2,1-2H3,(H,8,10). The van der Waals surface area contributed by atoms with Gasteiger partial charge in [0.25, 0.3) is 0 Å². The monoisotopic (exact) mass is 162 g/mol. The Morgan fingerprint density at radius 3 is 2.70 bits per heavy atom. The summed E-state index contributed by atoms with van der Waals surface area (Å²) in [6.45, 7) is 0.528. The first-order valence-electron chi connectivity index (χ1n) is 2.86. The Bertz CT molecular complexity index is 134. The summed E-state index contributed by atoms with van der Waals surface area (Å²) < 4.78 is 0. The smallest absolute Gasteiger partial charge is 0.245 e. The van der Waals surface area contributed by atoms with Crippen LogP contribution in [-0.4, -0.2) is 31.6 Å². The minimum Gasteiger partial charge on any atom is -0.340 e. The van der Waals surface area contributed by atoms with E-state index in [9.17, 15) is 4.79 Å². The molecule has 0 aromatic carbocycles. The lowest BCUT2D eigenvalue weighted by molar-refractivity contribution is -0.117. The van der Waals surface area contributed by atoms with Crippen molar-refractivity contribution in [2.75, 3.05) is 20.8 Å². The molecule has 0 unspecified atom stereocenters. The first-order chi connectivity index (χ1) is 4.66. The quantitative estimate of drug-likeness (QED) is 0.481. The van der Waals surface area contributed by atoms with E-state index in [2.05, 4.69) is 5.32 Å². The number of halogens is 1. The van der Waals surface area contributed by atoms with Crippen LogP contribution in [0.4, 0.5) is 0 Å². The third kappa shape index (κ3) is 5.59. The fourth-order valence-electron chi connectivity index (χ4n) is 0.352. The molecule has 0 rings (SSSR count). The zero-order valence-electron chi connectivity index (χ0n) is 6.10. The summed E-state index contributed by atoms with van der Waals surface area (Å²) in [5.41, 5.74) is 1.19. The highest BCUT2D eigenvalue weighted by Crippen LogP contribution is 1.77. The molecule has 0 aromatic rings. The van der Waals surface area contributed by atoms with E-state index in [4.69, 9.17) is 11.6 Å². The van der Waals surface area contributed by atoms with E-state index in [1.807, 2.05) is 19.0 Å². The van der Waals surface area contributed by atoms with E-state index in [0.717, 1.165) is 0 Å². The molecule has 0 heterocycles. The van der Waals surface area contributed by atoms with Gasteiger partial charge in [-0.1, -0.05) is 11.6 Å². The molecule has 0 bridgehead atoms. The Kier molecular flexibility index (Phi) is 4.98. The van der Waals surface area contributed by atoms with Crippen LogP contribution in [0.3, 0.4) is 0 Å². The summed E-state index contributed by atoms with van der Waals surface area (Å²) >= 11 is 5.16. The number of rotatable bonds is 3. The minimum absolute atomic E-state index is 0.177. The number of amides is 1. The molecule has 0 atom stereocenters. The molecule has 0 aliphatic heterocycles. The van der Waals surface area contributed by atoms with Gasteiger partial charge >= 0.3 is 0 Å². The molecule has 0 aliphatic carbocycles. The molecule has 0 fully saturated rings. The van der Waals surface area contributed by atoms with Gasteiger partial charge in [-0.3, -0.25) is 9.69 Å². The van der Waals surface area contributed by atoms with Gasteiger partial charge in [0.1, 0.15) is 0 Å². The predicted octanol–water partition coefficient (Wildman–Crippen LogP) is 0.374. The molecule has 1 amide bonds. The number of nitrogens with zero attached hydrogens (tertiary/aromatic N) is 1. The van der Waals surface area contributed by atoms with Crippen molar-refractivity contribution in [3.8, 4) is 0 Å². The van der Waals surface area contributed by atoms with Gasteiger partial charge in [0.2, 0.25) is 5.91 Å². The van der Waals surface area contributed by atoms with Crippen LogP contribution in [0.5, 0.6) is 0 Å².